The lowest BCUT2D eigenvalue weighted by Crippen LogP contribution is -1.74. The molecule has 0 saturated carbocycles. The minimum atomic E-state index is 1.02. The SMILES string of the molecule is C=C1C=CC=CC1.CN. The molecule has 0 aromatic rings. The van der Waals surface area contributed by atoms with Crippen molar-refractivity contribution in [3.05, 3.63) is 36.5 Å². The maximum absolute atomic E-state index is 4.50. The summed E-state index contributed by atoms with van der Waals surface area (Å²) in [7, 11) is 1.50. The van der Waals surface area contributed by atoms with Gasteiger partial charge in [-0.1, -0.05) is 36.5 Å². The highest BCUT2D eigenvalue weighted by Gasteiger charge is 1.84. The number of allylic oxidation sites excluding steroid dienone is 5. The molecule has 1 rings (SSSR count). The quantitative estimate of drug-likeness (QED) is 0.520. The molecule has 1 aliphatic rings. The standard InChI is InChI=1S/C7H8.CH5N/c1-7-5-3-2-4-6-7;1-2/h2-5H,1,6H2;2H2,1H3. The van der Waals surface area contributed by atoms with Gasteiger partial charge >= 0.3 is 0 Å². The zero-order chi connectivity index (χ0) is 7.11. The van der Waals surface area contributed by atoms with E-state index in [1.54, 1.807) is 0 Å². The fourth-order valence-electron chi connectivity index (χ4n) is 0.558. The first-order valence-electron chi connectivity index (χ1n) is 2.98. The first kappa shape index (κ1) is 8.18. The van der Waals surface area contributed by atoms with Crippen LogP contribution in [0.3, 0.4) is 0 Å². The number of hydrogen-bond donors (Lipinski definition) is 1. The molecule has 0 spiro atoms. The lowest BCUT2D eigenvalue weighted by molar-refractivity contribution is 1.28. The zero-order valence-corrected chi connectivity index (χ0v) is 5.80. The van der Waals surface area contributed by atoms with E-state index in [1.165, 1.54) is 12.6 Å². The van der Waals surface area contributed by atoms with Crippen LogP contribution in [-0.2, 0) is 0 Å². The van der Waals surface area contributed by atoms with Gasteiger partial charge in [0.15, 0.2) is 0 Å². The Bertz CT molecular complexity index is 132. The van der Waals surface area contributed by atoms with E-state index in [2.05, 4.69) is 18.4 Å². The van der Waals surface area contributed by atoms with Gasteiger partial charge in [-0.3, -0.25) is 0 Å². The first-order valence-corrected chi connectivity index (χ1v) is 2.98. The molecule has 0 aromatic carbocycles. The highest BCUT2D eigenvalue weighted by molar-refractivity contribution is 5.26. The number of nitrogens with two attached hydrogens (primary N) is 1. The van der Waals surface area contributed by atoms with Crippen LogP contribution in [0.4, 0.5) is 0 Å². The molecule has 0 aromatic heterocycles. The second-order valence-electron chi connectivity index (χ2n) is 1.65. The van der Waals surface area contributed by atoms with Gasteiger partial charge in [-0.05, 0) is 13.5 Å². The molecule has 0 heterocycles. The van der Waals surface area contributed by atoms with Crippen molar-refractivity contribution in [1.82, 2.24) is 0 Å². The summed E-state index contributed by atoms with van der Waals surface area (Å²) in [5.41, 5.74) is 5.70. The molecule has 0 atom stereocenters. The third-order valence-electron chi connectivity index (χ3n) is 0.959. The van der Waals surface area contributed by atoms with Crippen LogP contribution >= 0.6 is 0 Å². The van der Waals surface area contributed by atoms with Gasteiger partial charge in [-0.2, -0.15) is 0 Å². The zero-order valence-electron chi connectivity index (χ0n) is 5.80. The Hall–Kier alpha value is -0.820. The molecule has 9 heavy (non-hydrogen) atoms. The van der Waals surface area contributed by atoms with Crippen LogP contribution < -0.4 is 5.73 Å². The summed E-state index contributed by atoms with van der Waals surface area (Å²) < 4.78 is 0. The smallest absolute Gasteiger partial charge is 0.0100 e. The molecule has 1 aliphatic carbocycles. The second kappa shape index (κ2) is 5.32. The summed E-state index contributed by atoms with van der Waals surface area (Å²) >= 11 is 0. The van der Waals surface area contributed by atoms with E-state index < -0.39 is 0 Å². The topological polar surface area (TPSA) is 26.0 Å². The van der Waals surface area contributed by atoms with E-state index in [-0.39, 0.29) is 0 Å². The molecule has 0 aliphatic heterocycles. The van der Waals surface area contributed by atoms with Crippen molar-refractivity contribution in [3.63, 3.8) is 0 Å². The van der Waals surface area contributed by atoms with Crippen molar-refractivity contribution >= 4 is 0 Å². The van der Waals surface area contributed by atoms with E-state index in [9.17, 15) is 0 Å². The molecular formula is C8H13N. The number of rotatable bonds is 0. The largest absolute Gasteiger partial charge is 0.333 e. The van der Waals surface area contributed by atoms with Gasteiger partial charge in [0.05, 0.1) is 0 Å². The van der Waals surface area contributed by atoms with E-state index in [0.717, 1.165) is 6.42 Å². The molecule has 0 saturated heterocycles. The van der Waals surface area contributed by atoms with Gasteiger partial charge in [0.2, 0.25) is 0 Å². The number of hydrogen-bond acceptors (Lipinski definition) is 1. The molecule has 0 amide bonds. The van der Waals surface area contributed by atoms with Crippen LogP contribution in [0.1, 0.15) is 6.42 Å². The average molecular weight is 123 g/mol. The van der Waals surface area contributed by atoms with Crippen molar-refractivity contribution in [3.8, 4) is 0 Å². The van der Waals surface area contributed by atoms with Gasteiger partial charge < -0.3 is 5.73 Å². The monoisotopic (exact) mass is 123 g/mol. The lowest BCUT2D eigenvalue weighted by atomic mass is 10.1. The van der Waals surface area contributed by atoms with Crippen LogP contribution in [0.25, 0.3) is 0 Å². The molecule has 0 fully saturated rings. The molecule has 0 unspecified atom stereocenters. The summed E-state index contributed by atoms with van der Waals surface area (Å²) in [6.45, 7) is 3.78. The van der Waals surface area contributed by atoms with Gasteiger partial charge in [0.25, 0.3) is 0 Å². The second-order valence-corrected chi connectivity index (χ2v) is 1.65. The fourth-order valence-corrected chi connectivity index (χ4v) is 0.558. The van der Waals surface area contributed by atoms with Crippen LogP contribution in [0.2, 0.25) is 0 Å². The Morgan fingerprint density at radius 1 is 1.44 bits per heavy atom. The van der Waals surface area contributed by atoms with E-state index in [1.807, 2.05) is 18.2 Å². The molecule has 1 heteroatoms. The van der Waals surface area contributed by atoms with Gasteiger partial charge in [0, 0.05) is 0 Å². The van der Waals surface area contributed by atoms with Crippen molar-refractivity contribution in [2.45, 2.75) is 6.42 Å². The Morgan fingerprint density at radius 2 is 2.11 bits per heavy atom. The Balaban J connectivity index is 0.000000291. The molecular weight excluding hydrogens is 110 g/mol. The van der Waals surface area contributed by atoms with Gasteiger partial charge in [-0.15, -0.1) is 0 Å². The van der Waals surface area contributed by atoms with Crippen LogP contribution in [0, 0.1) is 0 Å². The highest BCUT2D eigenvalue weighted by atomic mass is 14.4. The first-order chi connectivity index (χ1) is 4.39. The summed E-state index contributed by atoms with van der Waals surface area (Å²) in [5.74, 6) is 0. The van der Waals surface area contributed by atoms with E-state index >= 15 is 0 Å². The predicted molar refractivity (Wildman–Crippen MR) is 42.1 cm³/mol. The van der Waals surface area contributed by atoms with E-state index in [4.69, 9.17) is 0 Å². The van der Waals surface area contributed by atoms with Crippen molar-refractivity contribution in [2.24, 2.45) is 5.73 Å². The summed E-state index contributed by atoms with van der Waals surface area (Å²) in [6.07, 6.45) is 9.19. The Kier molecular flexibility index (Phi) is 4.83. The van der Waals surface area contributed by atoms with Gasteiger partial charge in [-0.25, -0.2) is 0 Å². The average Bonchev–Trinajstić information content (AvgIpc) is 1.94. The maximum atomic E-state index is 4.50. The molecule has 0 bridgehead atoms. The van der Waals surface area contributed by atoms with Crippen molar-refractivity contribution in [1.29, 1.82) is 0 Å². The van der Waals surface area contributed by atoms with Crippen molar-refractivity contribution < 1.29 is 0 Å². The maximum Gasteiger partial charge on any atom is -0.0100 e. The molecule has 1 nitrogen and oxygen atoms in total. The third kappa shape index (κ3) is 3.74. The Morgan fingerprint density at radius 3 is 2.33 bits per heavy atom. The minimum absolute atomic E-state index is 1.02. The Labute approximate surface area is 56.6 Å². The van der Waals surface area contributed by atoms with Crippen molar-refractivity contribution in [2.75, 3.05) is 7.05 Å². The van der Waals surface area contributed by atoms with Crippen LogP contribution in [0.15, 0.2) is 36.5 Å². The summed E-state index contributed by atoms with van der Waals surface area (Å²) in [4.78, 5) is 0. The third-order valence-corrected chi connectivity index (χ3v) is 0.959. The minimum Gasteiger partial charge on any atom is -0.333 e. The highest BCUT2D eigenvalue weighted by Crippen LogP contribution is 2.05. The molecule has 2 N–H and O–H groups in total. The molecule has 0 radical (unpaired) electrons. The van der Waals surface area contributed by atoms with Crippen LogP contribution in [0.5, 0.6) is 0 Å². The lowest BCUT2D eigenvalue weighted by Gasteiger charge is -1.94. The van der Waals surface area contributed by atoms with Gasteiger partial charge in [0.1, 0.15) is 0 Å². The molecule has 50 valence electrons. The summed E-state index contributed by atoms with van der Waals surface area (Å²) in [6, 6.07) is 0. The predicted octanol–water partition coefficient (Wildman–Crippen LogP) is 1.63. The van der Waals surface area contributed by atoms with Crippen LogP contribution in [-0.4, -0.2) is 7.05 Å². The normalized spacial score (nSPS) is 14.7. The summed E-state index contributed by atoms with van der Waals surface area (Å²) in [5, 5.41) is 0. The fraction of sp³-hybridized carbons (Fsp3) is 0.250. The van der Waals surface area contributed by atoms with E-state index in [0.29, 0.717) is 0 Å².